The van der Waals surface area contributed by atoms with Crippen molar-refractivity contribution in [3.05, 3.63) is 122 Å². The maximum Gasteiger partial charge on any atom is 0.200 e. The minimum atomic E-state index is -2.46. The summed E-state index contributed by atoms with van der Waals surface area (Å²) >= 11 is 0. The van der Waals surface area contributed by atoms with Gasteiger partial charge < -0.3 is 0 Å². The van der Waals surface area contributed by atoms with Gasteiger partial charge in [0.25, 0.3) is 0 Å². The molecule has 43 heavy (non-hydrogen) atoms. The van der Waals surface area contributed by atoms with Crippen LogP contribution in [0.1, 0.15) is 11.6 Å². The third-order valence-electron chi connectivity index (χ3n) is 6.01. The molecular weight excluding hydrogens is 583 g/mol. The molecule has 16 heteroatoms. The van der Waals surface area contributed by atoms with E-state index in [2.05, 4.69) is 34.9 Å². The molecule has 0 bridgehead atoms. The van der Waals surface area contributed by atoms with Gasteiger partial charge in [-0.25, -0.2) is 65.7 Å². The molecule has 0 N–H and O–H groups in total. The van der Waals surface area contributed by atoms with Crippen molar-refractivity contribution in [1.82, 2.24) is 15.0 Å². The number of fused-ring (bicyclic) bond motifs is 2. The molecule has 0 radical (unpaired) electrons. The molecule has 0 unspecified atom stereocenters. The van der Waals surface area contributed by atoms with Gasteiger partial charge in [0, 0.05) is 0 Å². The lowest BCUT2D eigenvalue weighted by atomic mass is 10.1. The monoisotopic (exact) mass is 589 g/mol. The summed E-state index contributed by atoms with van der Waals surface area (Å²) < 4.78 is 100. The van der Waals surface area contributed by atoms with Crippen LogP contribution in [0.25, 0.3) is 22.5 Å². The number of halogens is 7. The van der Waals surface area contributed by atoms with Crippen LogP contribution in [0.3, 0.4) is 0 Å². The van der Waals surface area contributed by atoms with Gasteiger partial charge in [0.05, 0.1) is 16.3 Å². The number of aromatic nitrogens is 3. The van der Waals surface area contributed by atoms with Crippen LogP contribution >= 0.6 is 0 Å². The first-order valence-corrected chi connectivity index (χ1v) is 11.6. The molecule has 2 aliphatic heterocycles. The van der Waals surface area contributed by atoms with Gasteiger partial charge >= 0.3 is 0 Å². The number of benzene rings is 3. The van der Waals surface area contributed by atoms with Gasteiger partial charge in [-0.05, 0) is 24.3 Å². The summed E-state index contributed by atoms with van der Waals surface area (Å²) in [6.45, 7) is 0. The SMILES string of the molecule is N#C/C(=C1/N=c2cccc(F)c2=N1)c1nc(/C(C#N)=C2\N=c3cccc(F)c3=N2)nc(-c2c(F)c(F)c(F)c(F)c2F)n1. The number of para-hydroxylation sites is 2. The normalized spacial score (nSPS) is 15.2. The van der Waals surface area contributed by atoms with E-state index in [1.807, 2.05) is 0 Å². The van der Waals surface area contributed by atoms with Crippen LogP contribution in [0.4, 0.5) is 30.7 Å². The number of rotatable bonds is 3. The Bertz CT molecular complexity index is 2200. The molecule has 3 heterocycles. The van der Waals surface area contributed by atoms with Crippen LogP contribution in [-0.4, -0.2) is 15.0 Å². The lowest BCUT2D eigenvalue weighted by Crippen LogP contribution is -2.24. The zero-order valence-corrected chi connectivity index (χ0v) is 20.6. The summed E-state index contributed by atoms with van der Waals surface area (Å²) in [4.78, 5) is 27.3. The highest BCUT2D eigenvalue weighted by molar-refractivity contribution is 5.80. The fourth-order valence-electron chi connectivity index (χ4n) is 4.04. The largest absolute Gasteiger partial charge is 0.225 e. The first kappa shape index (κ1) is 27.0. The van der Waals surface area contributed by atoms with E-state index in [0.29, 0.717) is 0 Å². The summed E-state index contributed by atoms with van der Waals surface area (Å²) in [5.74, 6) is -17.1. The third kappa shape index (κ3) is 4.29. The molecule has 0 spiro atoms. The molecule has 0 fully saturated rings. The average molecular weight is 589 g/mol. The molecule has 0 aliphatic carbocycles. The van der Waals surface area contributed by atoms with Crippen molar-refractivity contribution in [2.45, 2.75) is 0 Å². The fourth-order valence-corrected chi connectivity index (χ4v) is 4.04. The minimum absolute atomic E-state index is 0.000183. The van der Waals surface area contributed by atoms with Gasteiger partial charge in [0.15, 0.2) is 64.0 Å². The quantitative estimate of drug-likeness (QED) is 0.157. The topological polar surface area (TPSA) is 136 Å². The molecule has 0 amide bonds. The Labute approximate surface area is 233 Å². The molecule has 4 aromatic rings. The van der Waals surface area contributed by atoms with Crippen LogP contribution in [0.15, 0.2) is 68.0 Å². The van der Waals surface area contributed by atoms with Crippen LogP contribution in [0.2, 0.25) is 0 Å². The van der Waals surface area contributed by atoms with Crippen molar-refractivity contribution in [3.63, 3.8) is 0 Å². The molecule has 6 rings (SSSR count). The lowest BCUT2D eigenvalue weighted by molar-refractivity contribution is 0.380. The molecule has 0 saturated heterocycles. The Morgan fingerprint density at radius 2 is 0.953 bits per heavy atom. The highest BCUT2D eigenvalue weighted by Crippen LogP contribution is 2.32. The van der Waals surface area contributed by atoms with E-state index in [1.54, 1.807) is 12.1 Å². The Morgan fingerprint density at radius 1 is 0.535 bits per heavy atom. The van der Waals surface area contributed by atoms with Crippen molar-refractivity contribution < 1.29 is 30.7 Å². The zero-order valence-electron chi connectivity index (χ0n) is 20.6. The zero-order chi connectivity index (χ0) is 30.6. The molecule has 208 valence electrons. The summed E-state index contributed by atoms with van der Waals surface area (Å²) in [6.07, 6.45) is 0. The van der Waals surface area contributed by atoms with Crippen molar-refractivity contribution in [1.29, 1.82) is 10.5 Å². The standard InChI is InChI=1S/C27H6F7N9/c28-11-3-1-5-13-21(11)39-23(37-13)9(7-35)25-41-26(10(8-36)24-38-14-6-2-4-12(29)22(14)40-24)43-27(42-25)15-16(30)18(32)20(34)19(33)17(15)31/h1-6H/b23-9+,24-10+. The number of nitriles is 2. The highest BCUT2D eigenvalue weighted by Gasteiger charge is 2.30. The molecule has 0 saturated carbocycles. The van der Waals surface area contributed by atoms with Crippen LogP contribution < -0.4 is 21.4 Å². The van der Waals surface area contributed by atoms with Crippen molar-refractivity contribution >= 4 is 11.1 Å². The van der Waals surface area contributed by atoms with Crippen molar-refractivity contribution in [3.8, 4) is 23.5 Å². The Balaban J connectivity index is 1.68. The molecule has 1 aromatic heterocycles. The van der Waals surface area contributed by atoms with E-state index in [4.69, 9.17) is 0 Å². The fraction of sp³-hybridized carbons (Fsp3) is 0. The predicted octanol–water partition coefficient (Wildman–Crippen LogP) is 2.80. The second kappa shape index (κ2) is 10.0. The Morgan fingerprint density at radius 3 is 1.35 bits per heavy atom. The van der Waals surface area contributed by atoms with E-state index in [9.17, 15) is 41.3 Å². The predicted molar refractivity (Wildman–Crippen MR) is 128 cm³/mol. The summed E-state index contributed by atoms with van der Waals surface area (Å²) in [5, 5.41) is 19.3. The van der Waals surface area contributed by atoms with Gasteiger partial charge in [-0.1, -0.05) is 12.1 Å². The van der Waals surface area contributed by atoms with Crippen molar-refractivity contribution in [2.24, 2.45) is 20.0 Å². The van der Waals surface area contributed by atoms with Gasteiger partial charge in [-0.2, -0.15) is 10.5 Å². The molecule has 2 aliphatic rings. The summed E-state index contributed by atoms with van der Waals surface area (Å²) in [7, 11) is 0. The number of hydrogen-bond donors (Lipinski definition) is 0. The summed E-state index contributed by atoms with van der Waals surface area (Å²) in [5.41, 5.74) is -2.92. The van der Waals surface area contributed by atoms with Crippen molar-refractivity contribution in [2.75, 3.05) is 0 Å². The van der Waals surface area contributed by atoms with E-state index in [1.165, 1.54) is 24.3 Å². The smallest absolute Gasteiger partial charge is 0.200 e. The number of hydrogen-bond acceptors (Lipinski definition) is 9. The molecule has 0 atom stereocenters. The van der Waals surface area contributed by atoms with E-state index >= 15 is 0 Å². The van der Waals surface area contributed by atoms with Gasteiger partial charge in [-0.3, -0.25) is 0 Å². The van der Waals surface area contributed by atoms with Gasteiger partial charge in [-0.15, -0.1) is 0 Å². The second-order valence-corrected chi connectivity index (χ2v) is 8.53. The number of nitrogens with zero attached hydrogens (tertiary/aromatic N) is 9. The Kier molecular flexibility index (Phi) is 6.31. The van der Waals surface area contributed by atoms with Crippen LogP contribution in [0.5, 0.6) is 0 Å². The highest BCUT2D eigenvalue weighted by atomic mass is 19.2. The minimum Gasteiger partial charge on any atom is -0.225 e. The maximum absolute atomic E-state index is 14.8. The van der Waals surface area contributed by atoms with E-state index < -0.39 is 86.5 Å². The van der Waals surface area contributed by atoms with Gasteiger partial charge in [0.1, 0.15) is 34.0 Å². The van der Waals surface area contributed by atoms with Crippen LogP contribution in [-0.2, 0) is 0 Å². The third-order valence-corrected chi connectivity index (χ3v) is 6.01. The molecule has 9 nitrogen and oxygen atoms in total. The van der Waals surface area contributed by atoms with Crippen LogP contribution in [0, 0.1) is 63.4 Å². The van der Waals surface area contributed by atoms with E-state index in [0.717, 1.165) is 12.1 Å². The molecule has 3 aromatic carbocycles. The lowest BCUT2D eigenvalue weighted by Gasteiger charge is -2.10. The number of allylic oxidation sites excluding steroid dienone is 2. The second-order valence-electron chi connectivity index (χ2n) is 8.53. The first-order chi connectivity index (χ1) is 20.6. The maximum atomic E-state index is 14.8. The first-order valence-electron chi connectivity index (χ1n) is 11.6. The van der Waals surface area contributed by atoms with Gasteiger partial charge in [0.2, 0.25) is 5.82 Å². The Hall–Kier alpha value is -6.16. The average Bonchev–Trinajstić information content (AvgIpc) is 3.62. The van der Waals surface area contributed by atoms with E-state index in [-0.39, 0.29) is 21.4 Å². The molecular formula is C27H6F7N9. The summed E-state index contributed by atoms with van der Waals surface area (Å²) in [6, 6.07) is 10.8.